The molecule has 0 saturated heterocycles. The van der Waals surface area contributed by atoms with Crippen molar-refractivity contribution in [1.82, 2.24) is 0 Å². The van der Waals surface area contributed by atoms with Crippen molar-refractivity contribution in [2.24, 2.45) is 0 Å². The molecule has 0 spiro atoms. The van der Waals surface area contributed by atoms with E-state index in [4.69, 9.17) is 4.74 Å². The summed E-state index contributed by atoms with van der Waals surface area (Å²) in [4.78, 5) is 10.7. The highest BCUT2D eigenvalue weighted by atomic mass is 16.5. The number of hydrogen-bond donors (Lipinski definition) is 0. The molecule has 0 N–H and O–H groups in total. The second-order valence-electron chi connectivity index (χ2n) is 2.92. The highest BCUT2D eigenvalue weighted by Crippen LogP contribution is 2.31. The SMILES string of the molecule is O=CC1CCOc2ccccc21. The first kappa shape index (κ1) is 7.35. The van der Waals surface area contributed by atoms with Crippen LogP contribution in [0, 0.1) is 0 Å². The number of carbonyl (C=O) groups is 1. The first-order valence-electron chi connectivity index (χ1n) is 4.09. The monoisotopic (exact) mass is 162 g/mol. The van der Waals surface area contributed by atoms with Crippen LogP contribution >= 0.6 is 0 Å². The summed E-state index contributed by atoms with van der Waals surface area (Å²) in [6.07, 6.45) is 1.81. The van der Waals surface area contributed by atoms with Crippen molar-refractivity contribution in [3.63, 3.8) is 0 Å². The van der Waals surface area contributed by atoms with Crippen molar-refractivity contribution in [1.29, 1.82) is 0 Å². The molecule has 2 nitrogen and oxygen atoms in total. The highest BCUT2D eigenvalue weighted by Gasteiger charge is 2.19. The molecule has 1 heterocycles. The number of benzene rings is 1. The van der Waals surface area contributed by atoms with Crippen molar-refractivity contribution in [2.75, 3.05) is 6.61 Å². The van der Waals surface area contributed by atoms with E-state index in [0.29, 0.717) is 6.61 Å². The Morgan fingerprint density at radius 1 is 1.42 bits per heavy atom. The molecule has 0 amide bonds. The lowest BCUT2D eigenvalue weighted by Crippen LogP contribution is -2.14. The maximum atomic E-state index is 10.7. The Morgan fingerprint density at radius 2 is 2.25 bits per heavy atom. The molecular weight excluding hydrogens is 152 g/mol. The molecule has 2 rings (SSSR count). The summed E-state index contributed by atoms with van der Waals surface area (Å²) in [6, 6.07) is 7.72. The third-order valence-corrected chi connectivity index (χ3v) is 2.17. The summed E-state index contributed by atoms with van der Waals surface area (Å²) >= 11 is 0. The van der Waals surface area contributed by atoms with Gasteiger partial charge in [-0.2, -0.15) is 0 Å². The second-order valence-corrected chi connectivity index (χ2v) is 2.92. The molecule has 1 aliphatic heterocycles. The first-order valence-corrected chi connectivity index (χ1v) is 4.09. The zero-order valence-corrected chi connectivity index (χ0v) is 6.69. The van der Waals surface area contributed by atoms with E-state index in [1.165, 1.54) is 0 Å². The third kappa shape index (κ3) is 1.09. The minimum Gasteiger partial charge on any atom is -0.493 e. The average Bonchev–Trinajstić information content (AvgIpc) is 2.17. The van der Waals surface area contributed by atoms with Gasteiger partial charge in [-0.1, -0.05) is 18.2 Å². The van der Waals surface area contributed by atoms with Gasteiger partial charge in [0.05, 0.1) is 6.61 Å². The maximum absolute atomic E-state index is 10.7. The van der Waals surface area contributed by atoms with E-state index in [0.717, 1.165) is 24.0 Å². The Labute approximate surface area is 71.2 Å². The number of carbonyl (C=O) groups excluding carboxylic acids is 1. The predicted molar refractivity (Wildman–Crippen MR) is 45.4 cm³/mol. The summed E-state index contributed by atoms with van der Waals surface area (Å²) in [6.45, 7) is 0.653. The lowest BCUT2D eigenvalue weighted by Gasteiger charge is -2.21. The third-order valence-electron chi connectivity index (χ3n) is 2.17. The van der Waals surface area contributed by atoms with Gasteiger partial charge in [-0.15, -0.1) is 0 Å². The minimum atomic E-state index is 0.0370. The van der Waals surface area contributed by atoms with Crippen LogP contribution in [0.5, 0.6) is 5.75 Å². The van der Waals surface area contributed by atoms with Crippen LogP contribution in [0.4, 0.5) is 0 Å². The van der Waals surface area contributed by atoms with Gasteiger partial charge < -0.3 is 9.53 Å². The van der Waals surface area contributed by atoms with Crippen LogP contribution in [0.1, 0.15) is 17.9 Å². The summed E-state index contributed by atoms with van der Waals surface area (Å²) in [7, 11) is 0. The van der Waals surface area contributed by atoms with E-state index in [9.17, 15) is 4.79 Å². The van der Waals surface area contributed by atoms with E-state index in [1.807, 2.05) is 24.3 Å². The van der Waals surface area contributed by atoms with E-state index in [1.54, 1.807) is 0 Å². The fourth-order valence-electron chi connectivity index (χ4n) is 1.51. The van der Waals surface area contributed by atoms with Gasteiger partial charge in [-0.3, -0.25) is 0 Å². The topological polar surface area (TPSA) is 26.3 Å². The second kappa shape index (κ2) is 2.97. The highest BCUT2D eigenvalue weighted by molar-refractivity contribution is 5.65. The molecule has 62 valence electrons. The summed E-state index contributed by atoms with van der Waals surface area (Å²) in [5.41, 5.74) is 1.03. The van der Waals surface area contributed by atoms with Gasteiger partial charge in [0.15, 0.2) is 0 Å². The molecule has 1 aromatic rings. The molecule has 1 aliphatic rings. The van der Waals surface area contributed by atoms with Crippen molar-refractivity contribution in [3.8, 4) is 5.75 Å². The van der Waals surface area contributed by atoms with E-state index >= 15 is 0 Å². The number of hydrogen-bond acceptors (Lipinski definition) is 2. The zero-order chi connectivity index (χ0) is 8.39. The lowest BCUT2D eigenvalue weighted by molar-refractivity contribution is -0.109. The van der Waals surface area contributed by atoms with Crippen LogP contribution < -0.4 is 4.74 Å². The van der Waals surface area contributed by atoms with E-state index in [-0.39, 0.29) is 5.92 Å². The van der Waals surface area contributed by atoms with Gasteiger partial charge in [-0.25, -0.2) is 0 Å². The van der Waals surface area contributed by atoms with E-state index in [2.05, 4.69) is 0 Å². The molecule has 0 aromatic heterocycles. The Hall–Kier alpha value is -1.31. The summed E-state index contributed by atoms with van der Waals surface area (Å²) < 4.78 is 5.40. The van der Waals surface area contributed by atoms with Crippen LogP contribution in [0.2, 0.25) is 0 Å². The summed E-state index contributed by atoms with van der Waals surface area (Å²) in [5.74, 6) is 0.899. The largest absolute Gasteiger partial charge is 0.493 e. The smallest absolute Gasteiger partial charge is 0.127 e. The van der Waals surface area contributed by atoms with Crippen LogP contribution in [0.15, 0.2) is 24.3 Å². The fourth-order valence-corrected chi connectivity index (χ4v) is 1.51. The molecule has 1 aromatic carbocycles. The van der Waals surface area contributed by atoms with Gasteiger partial charge in [-0.05, 0) is 12.5 Å². The van der Waals surface area contributed by atoms with Crippen LogP contribution in [-0.4, -0.2) is 12.9 Å². The normalized spacial score (nSPS) is 20.8. The molecule has 0 aliphatic carbocycles. The van der Waals surface area contributed by atoms with Crippen LogP contribution in [0.3, 0.4) is 0 Å². The van der Waals surface area contributed by atoms with E-state index < -0.39 is 0 Å². The lowest BCUT2D eigenvalue weighted by atomic mass is 9.95. The van der Waals surface area contributed by atoms with Gasteiger partial charge in [0, 0.05) is 11.5 Å². The molecular formula is C10H10O2. The Bertz CT molecular complexity index is 294. The van der Waals surface area contributed by atoms with Gasteiger partial charge in [0.1, 0.15) is 12.0 Å². The van der Waals surface area contributed by atoms with Crippen molar-refractivity contribution in [3.05, 3.63) is 29.8 Å². The molecule has 0 radical (unpaired) electrons. The van der Waals surface area contributed by atoms with Crippen molar-refractivity contribution >= 4 is 6.29 Å². The molecule has 12 heavy (non-hydrogen) atoms. The first-order chi connectivity index (χ1) is 5.92. The van der Waals surface area contributed by atoms with Crippen LogP contribution in [-0.2, 0) is 4.79 Å². The fraction of sp³-hybridized carbons (Fsp3) is 0.300. The number of rotatable bonds is 1. The Kier molecular flexibility index (Phi) is 1.82. The quantitative estimate of drug-likeness (QED) is 0.588. The molecule has 0 fully saturated rings. The van der Waals surface area contributed by atoms with Gasteiger partial charge in [0.2, 0.25) is 0 Å². The zero-order valence-electron chi connectivity index (χ0n) is 6.69. The molecule has 0 saturated carbocycles. The minimum absolute atomic E-state index is 0.0370. The van der Waals surface area contributed by atoms with Crippen LogP contribution in [0.25, 0.3) is 0 Å². The summed E-state index contributed by atoms with van der Waals surface area (Å²) in [5, 5.41) is 0. The van der Waals surface area contributed by atoms with Crippen molar-refractivity contribution in [2.45, 2.75) is 12.3 Å². The maximum Gasteiger partial charge on any atom is 0.127 e. The predicted octanol–water partition coefficient (Wildman–Crippen LogP) is 1.75. The Balaban J connectivity index is 2.43. The number of ether oxygens (including phenoxy) is 1. The van der Waals surface area contributed by atoms with Gasteiger partial charge >= 0.3 is 0 Å². The molecule has 1 atom stereocenters. The standard InChI is InChI=1S/C10H10O2/c11-7-8-5-6-12-10-4-2-1-3-9(8)10/h1-4,7-8H,5-6H2. The molecule has 2 heteroatoms. The number of para-hydroxylation sites is 1. The van der Waals surface area contributed by atoms with Crippen molar-refractivity contribution < 1.29 is 9.53 Å². The average molecular weight is 162 g/mol. The Morgan fingerprint density at radius 3 is 3.08 bits per heavy atom. The van der Waals surface area contributed by atoms with Gasteiger partial charge in [0.25, 0.3) is 0 Å². The number of aldehydes is 1. The molecule has 1 unspecified atom stereocenters. The molecule has 0 bridgehead atoms. The number of fused-ring (bicyclic) bond motifs is 1.